The van der Waals surface area contributed by atoms with E-state index in [0.29, 0.717) is 19.6 Å². The van der Waals surface area contributed by atoms with Crippen molar-refractivity contribution in [1.29, 1.82) is 0 Å². The molecule has 0 bridgehead atoms. The molecule has 20 heavy (non-hydrogen) atoms. The van der Waals surface area contributed by atoms with Gasteiger partial charge in [0.2, 0.25) is 5.91 Å². The van der Waals surface area contributed by atoms with Crippen molar-refractivity contribution < 1.29 is 14.3 Å². The van der Waals surface area contributed by atoms with Crippen molar-refractivity contribution in [2.75, 3.05) is 18.1 Å². The summed E-state index contributed by atoms with van der Waals surface area (Å²) >= 11 is 0. The number of anilines is 1. The Hall–Kier alpha value is -1.50. The van der Waals surface area contributed by atoms with Crippen LogP contribution in [0.3, 0.4) is 0 Å². The molecule has 1 aromatic rings. The van der Waals surface area contributed by atoms with Crippen LogP contribution in [-0.4, -0.2) is 42.0 Å². The predicted octanol–water partition coefficient (Wildman–Crippen LogP) is 0.450. The lowest BCUT2D eigenvalue weighted by Gasteiger charge is -2.33. The number of hydrogen-bond acceptors (Lipinski definition) is 5. The van der Waals surface area contributed by atoms with Crippen LogP contribution in [0, 0.1) is 0 Å². The van der Waals surface area contributed by atoms with Gasteiger partial charge in [0.15, 0.2) is 5.79 Å². The maximum atomic E-state index is 12.3. The molecule has 0 radical (unpaired) electrons. The fourth-order valence-electron chi connectivity index (χ4n) is 2.72. The molecule has 2 aliphatic rings. The SMILES string of the molecule is CC1(C)OC[C@@H](CN2C(=O)C(N)Cc3ccncc32)O1. The highest BCUT2D eigenvalue weighted by Crippen LogP contribution is 2.29. The molecule has 3 rings (SSSR count). The van der Waals surface area contributed by atoms with E-state index in [1.54, 1.807) is 17.3 Å². The average Bonchev–Trinajstić information content (AvgIpc) is 2.74. The predicted molar refractivity (Wildman–Crippen MR) is 73.2 cm³/mol. The summed E-state index contributed by atoms with van der Waals surface area (Å²) in [4.78, 5) is 18.1. The second-order valence-corrected chi connectivity index (χ2v) is 5.71. The van der Waals surface area contributed by atoms with E-state index in [2.05, 4.69) is 4.98 Å². The molecule has 1 amide bonds. The molecule has 0 spiro atoms. The molecule has 1 fully saturated rings. The van der Waals surface area contributed by atoms with Gasteiger partial charge in [-0.1, -0.05) is 0 Å². The summed E-state index contributed by atoms with van der Waals surface area (Å²) in [7, 11) is 0. The molecule has 1 unspecified atom stereocenters. The highest BCUT2D eigenvalue weighted by molar-refractivity contribution is 6.00. The van der Waals surface area contributed by atoms with E-state index in [1.165, 1.54) is 0 Å². The minimum absolute atomic E-state index is 0.0844. The molecule has 6 nitrogen and oxygen atoms in total. The molecule has 2 aliphatic heterocycles. The van der Waals surface area contributed by atoms with Crippen molar-refractivity contribution in [1.82, 2.24) is 4.98 Å². The van der Waals surface area contributed by atoms with Gasteiger partial charge in [-0.05, 0) is 31.9 Å². The van der Waals surface area contributed by atoms with Crippen molar-refractivity contribution in [2.45, 2.75) is 38.2 Å². The molecule has 0 aromatic carbocycles. The molecule has 1 saturated heterocycles. The number of ether oxygens (including phenoxy) is 2. The first-order valence-corrected chi connectivity index (χ1v) is 6.78. The summed E-state index contributed by atoms with van der Waals surface area (Å²) in [6.07, 6.45) is 3.84. The maximum absolute atomic E-state index is 12.3. The van der Waals surface area contributed by atoms with Gasteiger partial charge in [-0.2, -0.15) is 0 Å². The number of rotatable bonds is 2. The van der Waals surface area contributed by atoms with Gasteiger partial charge >= 0.3 is 0 Å². The quantitative estimate of drug-likeness (QED) is 0.849. The monoisotopic (exact) mass is 277 g/mol. The van der Waals surface area contributed by atoms with Crippen LogP contribution in [0.15, 0.2) is 18.5 Å². The minimum atomic E-state index is -0.594. The summed E-state index contributed by atoms with van der Waals surface area (Å²) in [6, 6.07) is 1.41. The second kappa shape index (κ2) is 4.80. The number of fused-ring (bicyclic) bond motifs is 1. The number of carbonyl (C=O) groups is 1. The van der Waals surface area contributed by atoms with E-state index < -0.39 is 11.8 Å². The van der Waals surface area contributed by atoms with E-state index in [9.17, 15) is 4.79 Å². The third-order valence-corrected chi connectivity index (χ3v) is 3.65. The average molecular weight is 277 g/mol. The van der Waals surface area contributed by atoms with Crippen molar-refractivity contribution in [2.24, 2.45) is 5.73 Å². The Balaban J connectivity index is 1.83. The van der Waals surface area contributed by atoms with Crippen LogP contribution < -0.4 is 10.6 Å². The van der Waals surface area contributed by atoms with Gasteiger partial charge < -0.3 is 20.1 Å². The Morgan fingerprint density at radius 3 is 3.05 bits per heavy atom. The highest BCUT2D eigenvalue weighted by atomic mass is 16.7. The molecule has 0 aliphatic carbocycles. The first kappa shape index (κ1) is 13.5. The van der Waals surface area contributed by atoms with Gasteiger partial charge in [-0.25, -0.2) is 0 Å². The summed E-state index contributed by atoms with van der Waals surface area (Å²) in [5.41, 5.74) is 7.80. The van der Waals surface area contributed by atoms with Crippen molar-refractivity contribution >= 4 is 11.6 Å². The van der Waals surface area contributed by atoms with Crippen LogP contribution in [-0.2, 0) is 20.7 Å². The van der Waals surface area contributed by atoms with Gasteiger partial charge in [-0.15, -0.1) is 0 Å². The molecule has 0 saturated carbocycles. The van der Waals surface area contributed by atoms with Gasteiger partial charge in [0.05, 0.1) is 31.1 Å². The van der Waals surface area contributed by atoms with Crippen molar-refractivity contribution in [3.8, 4) is 0 Å². The van der Waals surface area contributed by atoms with Crippen LogP contribution in [0.4, 0.5) is 5.69 Å². The number of aromatic nitrogens is 1. The lowest BCUT2D eigenvalue weighted by atomic mass is 9.99. The van der Waals surface area contributed by atoms with Gasteiger partial charge in [0, 0.05) is 6.20 Å². The minimum Gasteiger partial charge on any atom is -0.348 e. The van der Waals surface area contributed by atoms with E-state index in [4.69, 9.17) is 15.2 Å². The van der Waals surface area contributed by atoms with Crippen LogP contribution in [0.25, 0.3) is 0 Å². The molecule has 1 aromatic heterocycles. The summed E-state index contributed by atoms with van der Waals surface area (Å²) < 4.78 is 11.3. The standard InChI is InChI=1S/C14H19N3O3/c1-14(2)19-8-10(20-14)7-17-12-6-16-4-3-9(12)5-11(15)13(17)18/h3-4,6,10-11H,5,7-8,15H2,1-2H3/t10-,11?/m1/s1. The largest absolute Gasteiger partial charge is 0.348 e. The third kappa shape index (κ3) is 2.42. The molecule has 2 N–H and O–H groups in total. The van der Waals surface area contributed by atoms with E-state index in [0.717, 1.165) is 11.3 Å². The molecule has 108 valence electrons. The highest BCUT2D eigenvalue weighted by Gasteiger charge is 2.37. The molecule has 6 heteroatoms. The molecular weight excluding hydrogens is 258 g/mol. The number of nitrogens with two attached hydrogens (primary N) is 1. The summed E-state index contributed by atoms with van der Waals surface area (Å²) in [5, 5.41) is 0. The Morgan fingerprint density at radius 2 is 2.35 bits per heavy atom. The first-order valence-electron chi connectivity index (χ1n) is 6.78. The second-order valence-electron chi connectivity index (χ2n) is 5.71. The van der Waals surface area contributed by atoms with Crippen LogP contribution in [0.1, 0.15) is 19.4 Å². The first-order chi connectivity index (χ1) is 9.46. The number of hydrogen-bond donors (Lipinski definition) is 1. The zero-order valence-corrected chi connectivity index (χ0v) is 11.7. The number of carbonyl (C=O) groups excluding carboxylic acids is 1. The van der Waals surface area contributed by atoms with E-state index in [1.807, 2.05) is 19.9 Å². The Labute approximate surface area is 117 Å². The lowest BCUT2D eigenvalue weighted by Crippen LogP contribution is -2.51. The van der Waals surface area contributed by atoms with Crippen LogP contribution in [0.2, 0.25) is 0 Å². The third-order valence-electron chi connectivity index (χ3n) is 3.65. The van der Waals surface area contributed by atoms with Crippen molar-refractivity contribution in [3.63, 3.8) is 0 Å². The van der Waals surface area contributed by atoms with Crippen LogP contribution in [0.5, 0.6) is 0 Å². The van der Waals surface area contributed by atoms with Gasteiger partial charge in [0.1, 0.15) is 6.10 Å². The lowest BCUT2D eigenvalue weighted by molar-refractivity contribution is -0.138. The zero-order chi connectivity index (χ0) is 14.3. The van der Waals surface area contributed by atoms with Crippen molar-refractivity contribution in [3.05, 3.63) is 24.0 Å². The molecule has 2 atom stereocenters. The smallest absolute Gasteiger partial charge is 0.244 e. The summed E-state index contributed by atoms with van der Waals surface area (Å²) in [5.74, 6) is -0.678. The topological polar surface area (TPSA) is 77.7 Å². The van der Waals surface area contributed by atoms with Crippen LogP contribution >= 0.6 is 0 Å². The van der Waals surface area contributed by atoms with Gasteiger partial charge in [0.25, 0.3) is 0 Å². The van der Waals surface area contributed by atoms with E-state index in [-0.39, 0.29) is 12.0 Å². The normalized spacial score (nSPS) is 28.6. The number of pyridine rings is 1. The van der Waals surface area contributed by atoms with Gasteiger partial charge in [-0.3, -0.25) is 9.78 Å². The fraction of sp³-hybridized carbons (Fsp3) is 0.571. The number of nitrogens with zero attached hydrogens (tertiary/aromatic N) is 2. The molecular formula is C14H19N3O3. The number of amides is 1. The summed E-state index contributed by atoms with van der Waals surface area (Å²) in [6.45, 7) is 4.65. The Morgan fingerprint density at radius 1 is 1.55 bits per heavy atom. The van der Waals surface area contributed by atoms with E-state index >= 15 is 0 Å². The Bertz CT molecular complexity index is 532. The zero-order valence-electron chi connectivity index (χ0n) is 11.7. The molecule has 3 heterocycles. The maximum Gasteiger partial charge on any atom is 0.244 e. The Kier molecular flexibility index (Phi) is 3.24. The fourth-order valence-corrected chi connectivity index (χ4v) is 2.72.